The highest BCUT2D eigenvalue weighted by atomic mass is 19.1. The van der Waals surface area contributed by atoms with E-state index in [0.717, 1.165) is 11.5 Å². The molecule has 0 saturated heterocycles. The van der Waals surface area contributed by atoms with E-state index in [4.69, 9.17) is 14.2 Å². The Labute approximate surface area is 150 Å². The smallest absolute Gasteiger partial charge is 0.167 e. The molecule has 26 heavy (non-hydrogen) atoms. The van der Waals surface area contributed by atoms with Gasteiger partial charge in [-0.2, -0.15) is 0 Å². The molecule has 1 N–H and O–H groups in total. The number of rotatable bonds is 7. The van der Waals surface area contributed by atoms with Crippen molar-refractivity contribution in [2.75, 3.05) is 26.1 Å². The molecule has 1 heterocycles. The Balaban J connectivity index is 1.72. The summed E-state index contributed by atoms with van der Waals surface area (Å²) in [6.07, 6.45) is 1.26. The standard InChI is InChI=1S/C19H20FN3O3/c1-12(26-14-6-4-5-13(7-14)24-2)10-21-19-15-8-18(25-3)16(20)9-17(15)22-11-23-19/h4-9,11-12H,10H2,1-3H3,(H,21,22,23). The number of anilines is 1. The maximum atomic E-state index is 13.8. The van der Waals surface area contributed by atoms with Crippen molar-refractivity contribution in [3.63, 3.8) is 0 Å². The molecule has 0 bridgehead atoms. The highest BCUT2D eigenvalue weighted by Crippen LogP contribution is 2.27. The third kappa shape index (κ3) is 3.93. The Morgan fingerprint density at radius 2 is 1.88 bits per heavy atom. The van der Waals surface area contributed by atoms with E-state index < -0.39 is 5.82 Å². The summed E-state index contributed by atoms with van der Waals surface area (Å²) in [7, 11) is 3.03. The van der Waals surface area contributed by atoms with Crippen LogP contribution in [-0.4, -0.2) is 36.8 Å². The molecule has 3 rings (SSSR count). The molecule has 7 heteroatoms. The van der Waals surface area contributed by atoms with Crippen molar-refractivity contribution in [3.05, 3.63) is 48.5 Å². The number of fused-ring (bicyclic) bond motifs is 1. The van der Waals surface area contributed by atoms with Gasteiger partial charge >= 0.3 is 0 Å². The topological polar surface area (TPSA) is 65.5 Å². The van der Waals surface area contributed by atoms with Gasteiger partial charge in [-0.3, -0.25) is 0 Å². The van der Waals surface area contributed by atoms with Crippen LogP contribution < -0.4 is 19.5 Å². The van der Waals surface area contributed by atoms with Gasteiger partial charge in [0.15, 0.2) is 11.6 Å². The second kappa shape index (κ2) is 7.86. The van der Waals surface area contributed by atoms with Gasteiger partial charge in [0.05, 0.1) is 26.3 Å². The van der Waals surface area contributed by atoms with Gasteiger partial charge in [-0.15, -0.1) is 0 Å². The fourth-order valence-corrected chi connectivity index (χ4v) is 2.54. The van der Waals surface area contributed by atoms with Crippen molar-refractivity contribution in [2.45, 2.75) is 13.0 Å². The Morgan fingerprint density at radius 3 is 2.65 bits per heavy atom. The molecular formula is C19H20FN3O3. The second-order valence-corrected chi connectivity index (χ2v) is 5.71. The Morgan fingerprint density at radius 1 is 1.08 bits per heavy atom. The van der Waals surface area contributed by atoms with Gasteiger partial charge in [-0.05, 0) is 25.1 Å². The Hall–Kier alpha value is -3.09. The molecule has 0 spiro atoms. The SMILES string of the molecule is COc1cccc(OC(C)CNc2ncnc3cc(F)c(OC)cc23)c1. The van der Waals surface area contributed by atoms with Crippen molar-refractivity contribution in [3.8, 4) is 17.2 Å². The minimum Gasteiger partial charge on any atom is -0.497 e. The summed E-state index contributed by atoms with van der Waals surface area (Å²) >= 11 is 0. The third-order valence-corrected chi connectivity index (χ3v) is 3.84. The second-order valence-electron chi connectivity index (χ2n) is 5.71. The van der Waals surface area contributed by atoms with Gasteiger partial charge in [0, 0.05) is 17.5 Å². The quantitative estimate of drug-likeness (QED) is 0.696. The number of nitrogens with one attached hydrogen (secondary N) is 1. The fourth-order valence-electron chi connectivity index (χ4n) is 2.54. The maximum Gasteiger partial charge on any atom is 0.167 e. The highest BCUT2D eigenvalue weighted by molar-refractivity contribution is 5.90. The van der Waals surface area contributed by atoms with Gasteiger partial charge in [0.25, 0.3) is 0 Å². The van der Waals surface area contributed by atoms with Gasteiger partial charge in [0.2, 0.25) is 0 Å². The van der Waals surface area contributed by atoms with Crippen LogP contribution in [0.25, 0.3) is 10.9 Å². The van der Waals surface area contributed by atoms with Crippen LogP contribution in [0, 0.1) is 5.82 Å². The van der Waals surface area contributed by atoms with Crippen LogP contribution in [0.3, 0.4) is 0 Å². The minimum absolute atomic E-state index is 0.130. The summed E-state index contributed by atoms with van der Waals surface area (Å²) < 4.78 is 29.9. The molecule has 1 aromatic heterocycles. The monoisotopic (exact) mass is 357 g/mol. The minimum atomic E-state index is -0.459. The molecular weight excluding hydrogens is 337 g/mol. The number of aromatic nitrogens is 2. The normalized spacial score (nSPS) is 11.8. The molecule has 6 nitrogen and oxygen atoms in total. The van der Waals surface area contributed by atoms with Crippen LogP contribution in [0.1, 0.15) is 6.92 Å². The summed E-state index contributed by atoms with van der Waals surface area (Å²) in [5.74, 6) is 1.73. The number of hydrogen-bond acceptors (Lipinski definition) is 6. The molecule has 0 saturated carbocycles. The summed E-state index contributed by atoms with van der Waals surface area (Å²) in [5.41, 5.74) is 0.502. The third-order valence-electron chi connectivity index (χ3n) is 3.84. The summed E-state index contributed by atoms with van der Waals surface area (Å²) in [6.45, 7) is 2.44. The van der Waals surface area contributed by atoms with E-state index in [1.807, 2.05) is 31.2 Å². The molecule has 1 atom stereocenters. The van der Waals surface area contributed by atoms with Crippen molar-refractivity contribution in [1.82, 2.24) is 9.97 Å². The maximum absolute atomic E-state index is 13.8. The lowest BCUT2D eigenvalue weighted by Crippen LogP contribution is -2.23. The Bertz CT molecular complexity index is 904. The molecule has 0 fully saturated rings. The van der Waals surface area contributed by atoms with E-state index in [9.17, 15) is 4.39 Å². The summed E-state index contributed by atoms with van der Waals surface area (Å²) in [6, 6.07) is 10.3. The number of hydrogen-bond donors (Lipinski definition) is 1. The lowest BCUT2D eigenvalue weighted by Gasteiger charge is -2.17. The number of ether oxygens (including phenoxy) is 3. The first-order valence-electron chi connectivity index (χ1n) is 8.13. The van der Waals surface area contributed by atoms with Gasteiger partial charge in [-0.1, -0.05) is 6.07 Å². The average Bonchev–Trinajstić information content (AvgIpc) is 2.65. The zero-order valence-electron chi connectivity index (χ0n) is 14.8. The van der Waals surface area contributed by atoms with Crippen molar-refractivity contribution in [2.24, 2.45) is 0 Å². The molecule has 0 radical (unpaired) electrons. The molecule has 136 valence electrons. The summed E-state index contributed by atoms with van der Waals surface area (Å²) in [4.78, 5) is 8.34. The molecule has 0 amide bonds. The van der Waals surface area contributed by atoms with Crippen LogP contribution in [0.2, 0.25) is 0 Å². The summed E-state index contributed by atoms with van der Waals surface area (Å²) in [5, 5.41) is 3.90. The average molecular weight is 357 g/mol. The van der Waals surface area contributed by atoms with Crippen LogP contribution in [0.5, 0.6) is 17.2 Å². The van der Waals surface area contributed by atoms with Crippen LogP contribution in [0.15, 0.2) is 42.7 Å². The predicted octanol–water partition coefficient (Wildman–Crippen LogP) is 3.67. The van der Waals surface area contributed by atoms with Crippen LogP contribution in [0.4, 0.5) is 10.2 Å². The lowest BCUT2D eigenvalue weighted by molar-refractivity contribution is 0.233. The first-order chi connectivity index (χ1) is 12.6. The molecule has 2 aromatic carbocycles. The number of benzene rings is 2. The van der Waals surface area contributed by atoms with E-state index in [0.29, 0.717) is 23.3 Å². The molecule has 0 aliphatic rings. The van der Waals surface area contributed by atoms with E-state index in [1.54, 1.807) is 13.2 Å². The molecule has 3 aromatic rings. The van der Waals surface area contributed by atoms with E-state index in [1.165, 1.54) is 19.5 Å². The van der Waals surface area contributed by atoms with Gasteiger partial charge in [0.1, 0.15) is 29.7 Å². The zero-order valence-corrected chi connectivity index (χ0v) is 14.8. The fraction of sp³-hybridized carbons (Fsp3) is 0.263. The molecule has 0 aliphatic heterocycles. The van der Waals surface area contributed by atoms with Crippen LogP contribution in [-0.2, 0) is 0 Å². The number of methoxy groups -OCH3 is 2. The van der Waals surface area contributed by atoms with Gasteiger partial charge < -0.3 is 19.5 Å². The number of nitrogens with zero attached hydrogens (tertiary/aromatic N) is 2. The Kier molecular flexibility index (Phi) is 5.36. The van der Waals surface area contributed by atoms with Crippen molar-refractivity contribution >= 4 is 16.7 Å². The largest absolute Gasteiger partial charge is 0.497 e. The van der Waals surface area contributed by atoms with E-state index in [-0.39, 0.29) is 11.9 Å². The zero-order chi connectivity index (χ0) is 18.5. The first kappa shape index (κ1) is 17.7. The van der Waals surface area contributed by atoms with E-state index >= 15 is 0 Å². The molecule has 1 unspecified atom stereocenters. The first-order valence-corrected chi connectivity index (χ1v) is 8.13. The van der Waals surface area contributed by atoms with Gasteiger partial charge in [-0.25, -0.2) is 14.4 Å². The van der Waals surface area contributed by atoms with E-state index in [2.05, 4.69) is 15.3 Å². The number of halogens is 1. The molecule has 0 aliphatic carbocycles. The van der Waals surface area contributed by atoms with Crippen LogP contribution >= 0.6 is 0 Å². The van der Waals surface area contributed by atoms with Crippen molar-refractivity contribution in [1.29, 1.82) is 0 Å². The predicted molar refractivity (Wildman–Crippen MR) is 97.6 cm³/mol. The highest BCUT2D eigenvalue weighted by Gasteiger charge is 2.11. The lowest BCUT2D eigenvalue weighted by atomic mass is 10.2. The van der Waals surface area contributed by atoms with Crippen molar-refractivity contribution < 1.29 is 18.6 Å².